The van der Waals surface area contributed by atoms with Crippen molar-refractivity contribution in [2.24, 2.45) is 41.4 Å². The quantitative estimate of drug-likeness (QED) is 0.501. The van der Waals surface area contributed by atoms with Crippen LogP contribution in [0.1, 0.15) is 71.1 Å². The van der Waals surface area contributed by atoms with Crippen LogP contribution in [0.2, 0.25) is 0 Å². The average Bonchev–Trinajstić information content (AvgIpc) is 2.83. The van der Waals surface area contributed by atoms with Crippen LogP contribution in [0.5, 0.6) is 0 Å². The molecule has 5 rings (SSSR count). The van der Waals surface area contributed by atoms with Crippen LogP contribution in [0.25, 0.3) is 0 Å². The number of rotatable bonds is 4. The van der Waals surface area contributed by atoms with E-state index in [0.717, 1.165) is 49.4 Å². The molecular formula is C29H38N2O6. The summed E-state index contributed by atoms with van der Waals surface area (Å²) in [5.41, 5.74) is 0.373. The lowest BCUT2D eigenvalue weighted by Gasteiger charge is -2.54. The molecule has 4 saturated carbocycles. The summed E-state index contributed by atoms with van der Waals surface area (Å²) >= 11 is 0. The number of aliphatic carboxylic acids is 2. The topological polar surface area (TPSA) is 124 Å². The number of anilines is 2. The Morgan fingerprint density at radius 2 is 1.43 bits per heavy atom. The van der Waals surface area contributed by atoms with Gasteiger partial charge in [-0.2, -0.15) is 0 Å². The zero-order valence-electron chi connectivity index (χ0n) is 21.5. The molecule has 8 atom stereocenters. The van der Waals surface area contributed by atoms with Crippen molar-refractivity contribution in [1.82, 2.24) is 0 Å². The van der Waals surface area contributed by atoms with Gasteiger partial charge in [0.1, 0.15) is 0 Å². The maximum Gasteiger partial charge on any atom is 0.394 e. The standard InChI is InChI=1S/C29H38N2O6/c1-16-9-17-11-18(10-16)13-21(12-17)25-19-5-4-6-20(25)15-22(14-19)31(27(33)29(36)37)24-8-3-2-7-23(24)30-26(32)28(34)35/h2-3,7-8,16-22,25H,4-6,9-15H2,1H3,(H,30,32)(H,34,35)(H,36,37)/t16-,17-,18+,19-,20?,21+,22+,25+/m0/s1. The molecule has 4 bridgehead atoms. The van der Waals surface area contributed by atoms with E-state index < -0.39 is 23.8 Å². The minimum atomic E-state index is -1.65. The van der Waals surface area contributed by atoms with Crippen LogP contribution < -0.4 is 10.2 Å². The number of benzene rings is 1. The lowest BCUT2D eigenvalue weighted by Crippen LogP contribution is -2.53. The molecule has 0 aliphatic heterocycles. The normalized spacial score (nSPS) is 34.7. The molecule has 4 aliphatic rings. The van der Waals surface area contributed by atoms with Gasteiger partial charge >= 0.3 is 23.8 Å². The zero-order valence-corrected chi connectivity index (χ0v) is 21.5. The molecule has 0 heterocycles. The van der Waals surface area contributed by atoms with Gasteiger partial charge in [-0.15, -0.1) is 0 Å². The molecule has 8 nitrogen and oxygen atoms in total. The van der Waals surface area contributed by atoms with Crippen LogP contribution in [0, 0.1) is 41.4 Å². The number of carboxylic acid groups (broad SMARTS) is 2. The van der Waals surface area contributed by atoms with Crippen LogP contribution in [0.4, 0.5) is 11.4 Å². The van der Waals surface area contributed by atoms with Crippen LogP contribution in [-0.2, 0) is 19.2 Å². The number of hydrogen-bond acceptors (Lipinski definition) is 4. The van der Waals surface area contributed by atoms with E-state index in [2.05, 4.69) is 12.2 Å². The Hall–Kier alpha value is -2.90. The van der Waals surface area contributed by atoms with Crippen molar-refractivity contribution in [3.8, 4) is 0 Å². The Bertz CT molecular complexity index is 1040. The summed E-state index contributed by atoms with van der Waals surface area (Å²) in [6.07, 6.45) is 11.6. The van der Waals surface area contributed by atoms with E-state index in [0.29, 0.717) is 17.8 Å². The summed E-state index contributed by atoms with van der Waals surface area (Å²) in [4.78, 5) is 49.4. The Labute approximate surface area is 217 Å². The highest BCUT2D eigenvalue weighted by atomic mass is 16.4. The molecule has 37 heavy (non-hydrogen) atoms. The molecule has 0 saturated heterocycles. The van der Waals surface area contributed by atoms with E-state index in [1.807, 2.05) is 0 Å². The Morgan fingerprint density at radius 3 is 2.03 bits per heavy atom. The molecule has 4 aliphatic carbocycles. The van der Waals surface area contributed by atoms with Crippen molar-refractivity contribution in [3.05, 3.63) is 24.3 Å². The summed E-state index contributed by atoms with van der Waals surface area (Å²) in [5, 5.41) is 21.1. The predicted molar refractivity (Wildman–Crippen MR) is 138 cm³/mol. The third-order valence-corrected chi connectivity index (χ3v) is 9.72. The molecule has 200 valence electrons. The van der Waals surface area contributed by atoms with Gasteiger partial charge in [-0.25, -0.2) is 9.59 Å². The van der Waals surface area contributed by atoms with Gasteiger partial charge in [0.15, 0.2) is 0 Å². The van der Waals surface area contributed by atoms with Crippen molar-refractivity contribution in [3.63, 3.8) is 0 Å². The highest BCUT2D eigenvalue weighted by Crippen LogP contribution is 2.56. The van der Waals surface area contributed by atoms with Crippen molar-refractivity contribution in [1.29, 1.82) is 0 Å². The van der Waals surface area contributed by atoms with E-state index in [-0.39, 0.29) is 17.4 Å². The van der Waals surface area contributed by atoms with E-state index in [1.54, 1.807) is 18.2 Å². The van der Waals surface area contributed by atoms with Gasteiger partial charge in [-0.3, -0.25) is 14.5 Å². The number of amides is 2. The molecule has 2 amide bonds. The zero-order chi connectivity index (χ0) is 26.3. The molecular weight excluding hydrogens is 472 g/mol. The monoisotopic (exact) mass is 510 g/mol. The SMILES string of the molecule is C[C@@H]1C[C@@H]2C[C@H](C1)C[C@@H]([C@H]1C3CCC[C@H]1C[C@@H](N(C(=O)C(=O)O)c1ccccc1NC(=O)C(=O)O)C3)C2. The predicted octanol–water partition coefficient (Wildman–Crippen LogP) is 4.78. The second-order valence-corrected chi connectivity index (χ2v) is 12.2. The van der Waals surface area contributed by atoms with E-state index in [9.17, 15) is 24.3 Å². The van der Waals surface area contributed by atoms with Gasteiger partial charge in [-0.1, -0.05) is 38.3 Å². The molecule has 8 heteroatoms. The van der Waals surface area contributed by atoms with Crippen molar-refractivity contribution in [2.45, 2.75) is 77.2 Å². The summed E-state index contributed by atoms with van der Waals surface area (Å²) in [5.74, 6) is -0.724. The maximum absolute atomic E-state index is 13.1. The number of carbonyl (C=O) groups excluding carboxylic acids is 2. The van der Waals surface area contributed by atoms with Gasteiger partial charge in [0.2, 0.25) is 0 Å². The fourth-order valence-corrected chi connectivity index (χ4v) is 8.83. The second-order valence-electron chi connectivity index (χ2n) is 12.2. The number of fused-ring (bicyclic) bond motifs is 4. The van der Waals surface area contributed by atoms with E-state index >= 15 is 0 Å². The lowest BCUT2D eigenvalue weighted by atomic mass is 9.53. The fraction of sp³-hybridized carbons (Fsp3) is 0.655. The third-order valence-electron chi connectivity index (χ3n) is 9.72. The first-order valence-electron chi connectivity index (χ1n) is 13.9. The van der Waals surface area contributed by atoms with E-state index in [4.69, 9.17) is 5.11 Å². The molecule has 1 aromatic carbocycles. The first-order chi connectivity index (χ1) is 17.7. The molecule has 0 radical (unpaired) electrons. The second kappa shape index (κ2) is 10.5. The smallest absolute Gasteiger partial charge is 0.394 e. The van der Waals surface area contributed by atoms with Crippen molar-refractivity contribution in [2.75, 3.05) is 10.2 Å². The van der Waals surface area contributed by atoms with Gasteiger partial charge in [0, 0.05) is 6.04 Å². The van der Waals surface area contributed by atoms with Crippen molar-refractivity contribution < 1.29 is 29.4 Å². The van der Waals surface area contributed by atoms with Crippen LogP contribution in [-0.4, -0.2) is 40.0 Å². The minimum absolute atomic E-state index is 0.131. The summed E-state index contributed by atoms with van der Waals surface area (Å²) in [7, 11) is 0. The minimum Gasteiger partial charge on any atom is -0.474 e. The fourth-order valence-electron chi connectivity index (χ4n) is 8.83. The van der Waals surface area contributed by atoms with Gasteiger partial charge in [0.05, 0.1) is 11.4 Å². The molecule has 1 aromatic rings. The number of hydrogen-bond donors (Lipinski definition) is 3. The van der Waals surface area contributed by atoms with Gasteiger partial charge in [-0.05, 0) is 98.5 Å². The first kappa shape index (κ1) is 25.7. The average molecular weight is 511 g/mol. The van der Waals surface area contributed by atoms with Gasteiger partial charge < -0.3 is 15.5 Å². The van der Waals surface area contributed by atoms with Gasteiger partial charge in [0.25, 0.3) is 0 Å². The largest absolute Gasteiger partial charge is 0.474 e. The maximum atomic E-state index is 13.1. The van der Waals surface area contributed by atoms with Crippen LogP contribution >= 0.6 is 0 Å². The molecule has 1 unspecified atom stereocenters. The Balaban J connectivity index is 1.41. The Morgan fingerprint density at radius 1 is 0.811 bits per heavy atom. The highest BCUT2D eigenvalue weighted by Gasteiger charge is 2.49. The number of para-hydroxylation sites is 2. The number of nitrogens with one attached hydrogen (secondary N) is 1. The Kier molecular flexibility index (Phi) is 7.28. The molecule has 0 spiro atoms. The molecule has 0 aromatic heterocycles. The first-order valence-corrected chi connectivity index (χ1v) is 13.9. The molecule has 3 N–H and O–H groups in total. The number of carbonyl (C=O) groups is 4. The van der Waals surface area contributed by atoms with Crippen molar-refractivity contribution >= 4 is 35.1 Å². The van der Waals surface area contributed by atoms with Crippen LogP contribution in [0.3, 0.4) is 0 Å². The highest BCUT2D eigenvalue weighted by molar-refractivity contribution is 6.39. The van der Waals surface area contributed by atoms with Crippen LogP contribution in [0.15, 0.2) is 24.3 Å². The molecule has 4 fully saturated rings. The number of carboxylic acids is 2. The summed E-state index contributed by atoms with van der Waals surface area (Å²) < 4.78 is 0. The summed E-state index contributed by atoms with van der Waals surface area (Å²) in [6.45, 7) is 2.39. The summed E-state index contributed by atoms with van der Waals surface area (Å²) in [6, 6.07) is 6.08. The lowest BCUT2D eigenvalue weighted by molar-refractivity contribution is -0.149. The number of nitrogens with zero attached hydrogens (tertiary/aromatic N) is 1. The third kappa shape index (κ3) is 5.25. The van der Waals surface area contributed by atoms with E-state index in [1.165, 1.54) is 49.5 Å².